The van der Waals surface area contributed by atoms with Crippen molar-refractivity contribution in [2.75, 3.05) is 19.6 Å². The second kappa shape index (κ2) is 4.70. The molecular formula is C16H17N3O2. The third-order valence-electron chi connectivity index (χ3n) is 4.67. The number of nitrogens with zero attached hydrogens (tertiary/aromatic N) is 1. The third kappa shape index (κ3) is 1.96. The first-order valence-electron chi connectivity index (χ1n) is 7.38. The molecule has 0 saturated carbocycles. The molecule has 2 aliphatic rings. The number of pyridine rings is 1. The van der Waals surface area contributed by atoms with Gasteiger partial charge in [-0.25, -0.2) is 0 Å². The van der Waals surface area contributed by atoms with Gasteiger partial charge in [-0.05, 0) is 24.5 Å². The average Bonchev–Trinajstić information content (AvgIpc) is 3.09. The van der Waals surface area contributed by atoms with E-state index in [0.717, 1.165) is 26.1 Å². The predicted octanol–water partition coefficient (Wildman–Crippen LogP) is 0.962. The highest BCUT2D eigenvalue weighted by Gasteiger charge is 2.40. The summed E-state index contributed by atoms with van der Waals surface area (Å²) in [5.41, 5.74) is 1.01. The Balaban J connectivity index is 1.73. The minimum atomic E-state index is -0.104. The number of benzene rings is 1. The third-order valence-corrected chi connectivity index (χ3v) is 4.67. The molecule has 108 valence electrons. The van der Waals surface area contributed by atoms with Gasteiger partial charge < -0.3 is 15.2 Å². The zero-order valence-corrected chi connectivity index (χ0v) is 11.6. The Morgan fingerprint density at radius 3 is 3.00 bits per heavy atom. The number of amides is 1. The van der Waals surface area contributed by atoms with Crippen LogP contribution in [0, 0.1) is 5.92 Å². The average molecular weight is 283 g/mol. The molecule has 2 aromatic rings. The highest BCUT2D eigenvalue weighted by Crippen LogP contribution is 2.28. The van der Waals surface area contributed by atoms with E-state index in [2.05, 4.69) is 10.3 Å². The molecule has 0 bridgehead atoms. The van der Waals surface area contributed by atoms with Crippen LogP contribution in [0.15, 0.2) is 35.1 Å². The van der Waals surface area contributed by atoms with Gasteiger partial charge in [0, 0.05) is 42.6 Å². The summed E-state index contributed by atoms with van der Waals surface area (Å²) in [4.78, 5) is 29.9. The molecule has 2 atom stereocenters. The molecule has 4 rings (SSSR count). The Labute approximate surface area is 122 Å². The van der Waals surface area contributed by atoms with Crippen LogP contribution in [0.1, 0.15) is 16.9 Å². The van der Waals surface area contributed by atoms with Gasteiger partial charge in [-0.15, -0.1) is 0 Å². The first-order chi connectivity index (χ1) is 10.2. The van der Waals surface area contributed by atoms with Crippen molar-refractivity contribution in [2.24, 2.45) is 5.92 Å². The Morgan fingerprint density at radius 1 is 1.24 bits per heavy atom. The molecule has 2 N–H and O–H groups in total. The summed E-state index contributed by atoms with van der Waals surface area (Å²) in [5, 5.41) is 3.96. The smallest absolute Gasteiger partial charge is 0.270 e. The highest BCUT2D eigenvalue weighted by atomic mass is 16.2. The van der Waals surface area contributed by atoms with E-state index in [-0.39, 0.29) is 17.4 Å². The maximum atomic E-state index is 12.7. The Morgan fingerprint density at radius 2 is 2.10 bits per heavy atom. The zero-order valence-electron chi connectivity index (χ0n) is 11.6. The van der Waals surface area contributed by atoms with Crippen LogP contribution < -0.4 is 10.7 Å². The van der Waals surface area contributed by atoms with Crippen molar-refractivity contribution >= 4 is 16.8 Å². The fourth-order valence-corrected chi connectivity index (χ4v) is 3.57. The van der Waals surface area contributed by atoms with E-state index in [0.29, 0.717) is 22.5 Å². The Kier molecular flexibility index (Phi) is 2.82. The number of rotatable bonds is 1. The quantitative estimate of drug-likeness (QED) is 0.819. The maximum absolute atomic E-state index is 12.7. The van der Waals surface area contributed by atoms with Crippen LogP contribution in [0.4, 0.5) is 0 Å². The van der Waals surface area contributed by atoms with Gasteiger partial charge in [-0.2, -0.15) is 0 Å². The van der Waals surface area contributed by atoms with Crippen LogP contribution in [0.25, 0.3) is 10.9 Å². The van der Waals surface area contributed by atoms with Gasteiger partial charge in [-0.1, -0.05) is 12.1 Å². The highest BCUT2D eigenvalue weighted by molar-refractivity contribution is 5.95. The number of para-hydroxylation sites is 1. The molecule has 0 spiro atoms. The summed E-state index contributed by atoms with van der Waals surface area (Å²) in [7, 11) is 0. The van der Waals surface area contributed by atoms with Gasteiger partial charge in [0.1, 0.15) is 5.69 Å². The molecule has 2 saturated heterocycles. The number of likely N-dealkylation sites (tertiary alicyclic amines) is 1. The predicted molar refractivity (Wildman–Crippen MR) is 80.4 cm³/mol. The van der Waals surface area contributed by atoms with Crippen molar-refractivity contribution in [3.05, 3.63) is 46.2 Å². The SMILES string of the molecule is O=C(c1cc(=O)c2ccccc2[nH]1)N1CCC2CNCC21. The number of carbonyl (C=O) groups is 1. The van der Waals surface area contributed by atoms with Crippen LogP contribution in [0.5, 0.6) is 0 Å². The molecule has 0 aliphatic carbocycles. The number of carbonyl (C=O) groups excluding carboxylic acids is 1. The first kappa shape index (κ1) is 12.6. The molecule has 2 aliphatic heterocycles. The van der Waals surface area contributed by atoms with Crippen LogP contribution in [0.3, 0.4) is 0 Å². The van der Waals surface area contributed by atoms with Gasteiger partial charge in [0.15, 0.2) is 5.43 Å². The summed E-state index contributed by atoms with van der Waals surface area (Å²) in [5.74, 6) is 0.496. The normalized spacial score (nSPS) is 24.5. The second-order valence-corrected chi connectivity index (χ2v) is 5.87. The van der Waals surface area contributed by atoms with Gasteiger partial charge in [-0.3, -0.25) is 9.59 Å². The summed E-state index contributed by atoms with van der Waals surface area (Å²) in [6.07, 6.45) is 1.04. The molecule has 3 heterocycles. The van der Waals surface area contributed by atoms with Gasteiger partial charge in [0.05, 0.1) is 0 Å². The second-order valence-electron chi connectivity index (χ2n) is 5.87. The van der Waals surface area contributed by atoms with Crippen LogP contribution in [0.2, 0.25) is 0 Å². The molecule has 1 amide bonds. The standard InChI is InChI=1S/C16H17N3O2/c20-15-7-13(18-12-4-2-1-3-11(12)15)16(21)19-6-5-10-8-17-9-14(10)19/h1-4,7,10,14,17H,5-6,8-9H2,(H,18,20). The summed E-state index contributed by atoms with van der Waals surface area (Å²) < 4.78 is 0. The van der Waals surface area contributed by atoms with Crippen molar-refractivity contribution in [3.8, 4) is 0 Å². The first-order valence-corrected chi connectivity index (χ1v) is 7.38. The van der Waals surface area contributed by atoms with Gasteiger partial charge in [0.2, 0.25) is 0 Å². The molecule has 2 unspecified atom stereocenters. The van der Waals surface area contributed by atoms with Gasteiger partial charge >= 0.3 is 0 Å². The molecule has 21 heavy (non-hydrogen) atoms. The lowest BCUT2D eigenvalue weighted by molar-refractivity contribution is 0.0731. The lowest BCUT2D eigenvalue weighted by Gasteiger charge is -2.23. The van der Waals surface area contributed by atoms with Crippen LogP contribution in [-0.2, 0) is 0 Å². The minimum absolute atomic E-state index is 0.0611. The lowest BCUT2D eigenvalue weighted by atomic mass is 10.1. The van der Waals surface area contributed by atoms with Gasteiger partial charge in [0.25, 0.3) is 5.91 Å². The van der Waals surface area contributed by atoms with Crippen LogP contribution >= 0.6 is 0 Å². The maximum Gasteiger partial charge on any atom is 0.270 e. The van der Waals surface area contributed by atoms with Crippen molar-refractivity contribution in [1.29, 1.82) is 0 Å². The zero-order chi connectivity index (χ0) is 14.4. The number of H-pyrrole nitrogens is 1. The Bertz CT molecular complexity index is 767. The van der Waals surface area contributed by atoms with E-state index < -0.39 is 0 Å². The van der Waals surface area contributed by atoms with E-state index in [1.165, 1.54) is 6.07 Å². The van der Waals surface area contributed by atoms with E-state index in [4.69, 9.17) is 0 Å². The molecule has 1 aromatic heterocycles. The molecule has 5 heteroatoms. The summed E-state index contributed by atoms with van der Waals surface area (Å²) in [6.45, 7) is 2.63. The molecular weight excluding hydrogens is 266 g/mol. The lowest BCUT2D eigenvalue weighted by Crippen LogP contribution is -2.39. The minimum Gasteiger partial charge on any atom is -0.350 e. The monoisotopic (exact) mass is 283 g/mol. The summed E-state index contributed by atoms with van der Waals surface area (Å²) >= 11 is 0. The van der Waals surface area contributed by atoms with Crippen molar-refractivity contribution in [3.63, 3.8) is 0 Å². The van der Waals surface area contributed by atoms with E-state index in [1.807, 2.05) is 23.1 Å². The number of aromatic amines is 1. The number of hydrogen-bond donors (Lipinski definition) is 2. The number of fused-ring (bicyclic) bond motifs is 2. The topological polar surface area (TPSA) is 65.2 Å². The number of nitrogens with one attached hydrogen (secondary N) is 2. The fourth-order valence-electron chi connectivity index (χ4n) is 3.57. The van der Waals surface area contributed by atoms with E-state index >= 15 is 0 Å². The molecule has 0 radical (unpaired) electrons. The van der Waals surface area contributed by atoms with Crippen molar-refractivity contribution < 1.29 is 4.79 Å². The van der Waals surface area contributed by atoms with Crippen molar-refractivity contribution in [2.45, 2.75) is 12.5 Å². The molecule has 2 fully saturated rings. The fraction of sp³-hybridized carbons (Fsp3) is 0.375. The Hall–Kier alpha value is -2.14. The molecule has 5 nitrogen and oxygen atoms in total. The van der Waals surface area contributed by atoms with Crippen molar-refractivity contribution in [1.82, 2.24) is 15.2 Å². The van der Waals surface area contributed by atoms with E-state index in [9.17, 15) is 9.59 Å². The van der Waals surface area contributed by atoms with E-state index in [1.54, 1.807) is 6.07 Å². The number of hydrogen-bond acceptors (Lipinski definition) is 3. The largest absolute Gasteiger partial charge is 0.350 e. The number of aromatic nitrogens is 1. The van der Waals surface area contributed by atoms with Crippen LogP contribution in [-0.4, -0.2) is 41.5 Å². The summed E-state index contributed by atoms with van der Waals surface area (Å²) in [6, 6.07) is 8.99. The molecule has 1 aromatic carbocycles.